The van der Waals surface area contributed by atoms with Crippen LogP contribution in [0.15, 0.2) is 29.8 Å². The van der Waals surface area contributed by atoms with Crippen molar-refractivity contribution < 1.29 is 9.53 Å². The van der Waals surface area contributed by atoms with Crippen molar-refractivity contribution in [1.29, 1.82) is 0 Å². The summed E-state index contributed by atoms with van der Waals surface area (Å²) in [5.74, 6) is 0.507. The maximum Gasteiger partial charge on any atom is 0.271 e. The lowest BCUT2D eigenvalue weighted by Crippen LogP contribution is -2.29. The van der Waals surface area contributed by atoms with Crippen molar-refractivity contribution in [2.45, 2.75) is 0 Å². The number of aromatic nitrogens is 1. The average molecular weight is 314 g/mol. The molecule has 0 radical (unpaired) electrons. The number of carbonyl (C=O) groups is 1. The normalized spacial score (nSPS) is 9.70. The van der Waals surface area contributed by atoms with Crippen LogP contribution >= 0.6 is 23.7 Å². The highest BCUT2D eigenvalue weighted by Gasteiger charge is 2.18. The van der Waals surface area contributed by atoms with Gasteiger partial charge in [-0.05, 0) is 12.1 Å². The van der Waals surface area contributed by atoms with Gasteiger partial charge in [-0.25, -0.2) is 4.98 Å². The molecule has 0 fully saturated rings. The highest BCUT2D eigenvalue weighted by molar-refractivity contribution is 7.13. The van der Waals surface area contributed by atoms with Gasteiger partial charge in [-0.2, -0.15) is 0 Å². The van der Waals surface area contributed by atoms with Gasteiger partial charge >= 0.3 is 0 Å². The van der Waals surface area contributed by atoms with E-state index >= 15 is 0 Å². The van der Waals surface area contributed by atoms with Crippen LogP contribution in [0, 0.1) is 0 Å². The monoisotopic (exact) mass is 313 g/mol. The molecule has 108 valence electrons. The van der Waals surface area contributed by atoms with Crippen molar-refractivity contribution in [2.24, 2.45) is 5.73 Å². The van der Waals surface area contributed by atoms with E-state index in [1.54, 1.807) is 12.6 Å². The van der Waals surface area contributed by atoms with E-state index in [9.17, 15) is 4.79 Å². The zero-order valence-electron chi connectivity index (χ0n) is 11.0. The quantitative estimate of drug-likeness (QED) is 0.884. The smallest absolute Gasteiger partial charge is 0.271 e. The van der Waals surface area contributed by atoms with E-state index in [0.29, 0.717) is 18.8 Å². The SMILES string of the molecule is COc1ccccc1-c1scnc1C(=O)NCCN.Cl. The highest BCUT2D eigenvalue weighted by atomic mass is 35.5. The molecule has 5 nitrogen and oxygen atoms in total. The number of methoxy groups -OCH3 is 1. The molecule has 1 aromatic carbocycles. The van der Waals surface area contributed by atoms with Crippen LogP contribution in [0.4, 0.5) is 0 Å². The van der Waals surface area contributed by atoms with Crippen molar-refractivity contribution in [3.63, 3.8) is 0 Å². The molecule has 3 N–H and O–H groups in total. The number of rotatable bonds is 5. The van der Waals surface area contributed by atoms with E-state index in [0.717, 1.165) is 16.2 Å². The van der Waals surface area contributed by atoms with E-state index in [1.807, 2.05) is 24.3 Å². The number of ether oxygens (including phenoxy) is 1. The average Bonchev–Trinajstić information content (AvgIpc) is 2.94. The molecule has 0 aliphatic heterocycles. The number of thiazole rings is 1. The van der Waals surface area contributed by atoms with Gasteiger partial charge in [0.25, 0.3) is 5.91 Å². The molecular weight excluding hydrogens is 298 g/mol. The Balaban J connectivity index is 0.00000200. The molecule has 7 heteroatoms. The minimum absolute atomic E-state index is 0. The molecule has 0 unspecified atom stereocenters. The van der Waals surface area contributed by atoms with Gasteiger partial charge in [0.2, 0.25) is 0 Å². The lowest BCUT2D eigenvalue weighted by atomic mass is 10.1. The zero-order chi connectivity index (χ0) is 13.7. The topological polar surface area (TPSA) is 77.2 Å². The predicted octanol–water partition coefficient (Wildman–Crippen LogP) is 1.93. The summed E-state index contributed by atoms with van der Waals surface area (Å²) in [6, 6.07) is 7.55. The van der Waals surface area contributed by atoms with Gasteiger partial charge in [-0.1, -0.05) is 12.1 Å². The van der Waals surface area contributed by atoms with Crippen molar-refractivity contribution in [3.05, 3.63) is 35.5 Å². The maximum atomic E-state index is 12.0. The number of carbonyl (C=O) groups excluding carboxylic acids is 1. The summed E-state index contributed by atoms with van der Waals surface area (Å²) < 4.78 is 5.31. The summed E-state index contributed by atoms with van der Waals surface area (Å²) in [5.41, 5.74) is 8.30. The summed E-state index contributed by atoms with van der Waals surface area (Å²) in [7, 11) is 1.61. The van der Waals surface area contributed by atoms with Crippen LogP contribution in [-0.4, -0.2) is 31.1 Å². The van der Waals surface area contributed by atoms with E-state index in [2.05, 4.69) is 10.3 Å². The zero-order valence-corrected chi connectivity index (χ0v) is 12.6. The third kappa shape index (κ3) is 3.47. The molecule has 0 aliphatic carbocycles. The van der Waals surface area contributed by atoms with Crippen LogP contribution in [0.3, 0.4) is 0 Å². The molecule has 0 spiro atoms. The summed E-state index contributed by atoms with van der Waals surface area (Å²) in [6.07, 6.45) is 0. The Morgan fingerprint density at radius 3 is 2.90 bits per heavy atom. The fourth-order valence-corrected chi connectivity index (χ4v) is 2.52. The second kappa shape index (κ2) is 7.84. The van der Waals surface area contributed by atoms with Crippen LogP contribution in [-0.2, 0) is 0 Å². The molecule has 20 heavy (non-hydrogen) atoms. The van der Waals surface area contributed by atoms with E-state index < -0.39 is 0 Å². The van der Waals surface area contributed by atoms with Crippen molar-refractivity contribution in [1.82, 2.24) is 10.3 Å². The van der Waals surface area contributed by atoms with Crippen molar-refractivity contribution in [2.75, 3.05) is 20.2 Å². The Morgan fingerprint density at radius 2 is 2.20 bits per heavy atom. The Kier molecular flexibility index (Phi) is 6.44. The van der Waals surface area contributed by atoms with Crippen LogP contribution in [0.25, 0.3) is 10.4 Å². The molecule has 2 rings (SSSR count). The largest absolute Gasteiger partial charge is 0.496 e. The molecule has 0 saturated carbocycles. The molecule has 0 bridgehead atoms. The van der Waals surface area contributed by atoms with Gasteiger partial charge in [0.15, 0.2) is 0 Å². The molecule has 1 heterocycles. The second-order valence-electron chi connectivity index (χ2n) is 3.77. The number of halogens is 1. The van der Waals surface area contributed by atoms with Gasteiger partial charge in [0.05, 0.1) is 17.5 Å². The fourth-order valence-electron chi connectivity index (χ4n) is 1.70. The Bertz CT molecular complexity index is 574. The van der Waals surface area contributed by atoms with Crippen LogP contribution in [0.5, 0.6) is 5.75 Å². The van der Waals surface area contributed by atoms with Crippen LogP contribution < -0.4 is 15.8 Å². The number of nitrogens with two attached hydrogens (primary N) is 1. The molecule has 0 aliphatic rings. The second-order valence-corrected chi connectivity index (χ2v) is 4.63. The number of hydrogen-bond donors (Lipinski definition) is 2. The minimum atomic E-state index is -0.215. The first kappa shape index (κ1) is 16.4. The first-order valence-electron chi connectivity index (χ1n) is 5.83. The lowest BCUT2D eigenvalue weighted by molar-refractivity contribution is 0.0951. The molecule has 1 aromatic heterocycles. The highest BCUT2D eigenvalue weighted by Crippen LogP contribution is 2.34. The van der Waals surface area contributed by atoms with E-state index in [4.69, 9.17) is 10.5 Å². The summed E-state index contributed by atoms with van der Waals surface area (Å²) in [5, 5.41) is 2.72. The number of hydrogen-bond acceptors (Lipinski definition) is 5. The first-order valence-corrected chi connectivity index (χ1v) is 6.71. The lowest BCUT2D eigenvalue weighted by Gasteiger charge is -2.08. The first-order chi connectivity index (χ1) is 9.27. The van der Waals surface area contributed by atoms with Gasteiger partial charge < -0.3 is 15.8 Å². The van der Waals surface area contributed by atoms with Gasteiger partial charge in [-0.15, -0.1) is 23.7 Å². The number of nitrogens with one attached hydrogen (secondary N) is 1. The van der Waals surface area contributed by atoms with E-state index in [-0.39, 0.29) is 18.3 Å². The standard InChI is InChI=1S/C13H15N3O2S.ClH/c1-18-10-5-3-2-4-9(10)12-11(16-8-19-12)13(17)15-7-6-14;/h2-5,8H,6-7,14H2,1H3,(H,15,17);1H. The molecule has 0 saturated heterocycles. The summed E-state index contributed by atoms with van der Waals surface area (Å²) >= 11 is 1.41. The number of benzene rings is 1. The number of amides is 1. The van der Waals surface area contributed by atoms with Crippen LogP contribution in [0.2, 0.25) is 0 Å². The Hall–Kier alpha value is -1.63. The molecular formula is C13H16ClN3O2S. The third-order valence-corrected chi connectivity index (χ3v) is 3.42. The summed E-state index contributed by atoms with van der Waals surface area (Å²) in [6.45, 7) is 0.835. The van der Waals surface area contributed by atoms with Crippen LogP contribution in [0.1, 0.15) is 10.5 Å². The minimum Gasteiger partial charge on any atom is -0.496 e. The molecule has 2 aromatic rings. The van der Waals surface area contributed by atoms with Gasteiger partial charge in [0, 0.05) is 18.7 Å². The fraction of sp³-hybridized carbons (Fsp3) is 0.231. The maximum absolute atomic E-state index is 12.0. The van der Waals surface area contributed by atoms with E-state index in [1.165, 1.54) is 11.3 Å². The Labute approximate surface area is 127 Å². The Morgan fingerprint density at radius 1 is 1.45 bits per heavy atom. The third-order valence-electron chi connectivity index (χ3n) is 2.56. The summed E-state index contributed by atoms with van der Waals surface area (Å²) in [4.78, 5) is 16.9. The van der Waals surface area contributed by atoms with Crippen molar-refractivity contribution >= 4 is 29.7 Å². The number of nitrogens with zero attached hydrogens (tertiary/aromatic N) is 1. The molecule has 0 atom stereocenters. The van der Waals surface area contributed by atoms with Gasteiger partial charge in [-0.3, -0.25) is 4.79 Å². The molecule has 1 amide bonds. The van der Waals surface area contributed by atoms with Crippen molar-refractivity contribution in [3.8, 4) is 16.2 Å². The van der Waals surface area contributed by atoms with Gasteiger partial charge in [0.1, 0.15) is 11.4 Å². The predicted molar refractivity (Wildman–Crippen MR) is 82.7 cm³/mol. The number of para-hydroxylation sites is 1.